The van der Waals surface area contributed by atoms with Crippen molar-refractivity contribution in [2.45, 2.75) is 17.7 Å². The van der Waals surface area contributed by atoms with Crippen LogP contribution < -0.4 is 9.62 Å². The normalized spacial score (nSPS) is 17.1. The molecular weight excluding hydrogens is 463 g/mol. The monoisotopic (exact) mass is 490 g/mol. The standard InChI is InChI=1S/C23H27FN4O5S/c24-17-4-3-5-19(14-17)34(32,33)25-18-6-7-21(20(15-18)23(30)31)27-12-10-26(11-13-27)16-22(29)28-8-1-2-9-28/h3-7,14-15,25H,1-2,8-13,16H2,(H,30,31). The molecule has 0 unspecified atom stereocenters. The lowest BCUT2D eigenvalue weighted by Gasteiger charge is -2.37. The zero-order valence-electron chi connectivity index (χ0n) is 18.6. The topological polar surface area (TPSA) is 110 Å². The Morgan fingerprint density at radius 3 is 2.32 bits per heavy atom. The fourth-order valence-electron chi connectivity index (χ4n) is 4.30. The molecule has 2 aliphatic rings. The van der Waals surface area contributed by atoms with E-state index >= 15 is 0 Å². The first kappa shape index (κ1) is 24.0. The molecule has 4 rings (SSSR count). The van der Waals surface area contributed by atoms with E-state index in [0.717, 1.165) is 38.1 Å². The fraction of sp³-hybridized carbons (Fsp3) is 0.391. The van der Waals surface area contributed by atoms with E-state index in [-0.39, 0.29) is 22.1 Å². The maximum absolute atomic E-state index is 13.4. The minimum Gasteiger partial charge on any atom is -0.478 e. The van der Waals surface area contributed by atoms with Gasteiger partial charge in [0.05, 0.1) is 22.7 Å². The van der Waals surface area contributed by atoms with Crippen molar-refractivity contribution in [3.8, 4) is 0 Å². The van der Waals surface area contributed by atoms with Gasteiger partial charge in [-0.25, -0.2) is 17.6 Å². The van der Waals surface area contributed by atoms with Crippen LogP contribution in [0.2, 0.25) is 0 Å². The number of carboxylic acids is 1. The number of sulfonamides is 1. The summed E-state index contributed by atoms with van der Waals surface area (Å²) in [7, 11) is -4.08. The van der Waals surface area contributed by atoms with Gasteiger partial charge < -0.3 is 14.9 Å². The van der Waals surface area contributed by atoms with E-state index in [1.54, 1.807) is 6.07 Å². The molecule has 0 saturated carbocycles. The van der Waals surface area contributed by atoms with Crippen molar-refractivity contribution in [2.75, 3.05) is 55.4 Å². The highest BCUT2D eigenvalue weighted by atomic mass is 32.2. The predicted octanol–water partition coefficient (Wildman–Crippen LogP) is 2.07. The number of carboxylic acid groups (broad SMARTS) is 1. The number of nitrogens with one attached hydrogen (secondary N) is 1. The lowest BCUT2D eigenvalue weighted by molar-refractivity contribution is -0.131. The number of halogens is 1. The first-order valence-corrected chi connectivity index (χ1v) is 12.6. The number of aromatic carboxylic acids is 1. The second kappa shape index (κ2) is 9.98. The van der Waals surface area contributed by atoms with Crippen molar-refractivity contribution in [3.63, 3.8) is 0 Å². The van der Waals surface area contributed by atoms with Gasteiger partial charge in [-0.1, -0.05) is 6.07 Å². The van der Waals surface area contributed by atoms with E-state index < -0.39 is 21.8 Å². The highest BCUT2D eigenvalue weighted by Crippen LogP contribution is 2.27. The van der Waals surface area contributed by atoms with E-state index in [2.05, 4.69) is 9.62 Å². The molecule has 11 heteroatoms. The maximum atomic E-state index is 13.4. The minimum atomic E-state index is -4.08. The summed E-state index contributed by atoms with van der Waals surface area (Å²) in [5.41, 5.74) is 0.507. The van der Waals surface area contributed by atoms with Crippen molar-refractivity contribution in [2.24, 2.45) is 0 Å². The van der Waals surface area contributed by atoms with Gasteiger partial charge in [-0.05, 0) is 49.2 Å². The van der Waals surface area contributed by atoms with Gasteiger partial charge in [0.25, 0.3) is 10.0 Å². The average molecular weight is 491 g/mol. The molecule has 2 aromatic carbocycles. The Labute approximate surface area is 197 Å². The Morgan fingerprint density at radius 1 is 0.971 bits per heavy atom. The number of piperazine rings is 1. The number of amides is 1. The van der Waals surface area contributed by atoms with E-state index in [1.807, 2.05) is 9.80 Å². The molecule has 0 bridgehead atoms. The highest BCUT2D eigenvalue weighted by Gasteiger charge is 2.26. The highest BCUT2D eigenvalue weighted by molar-refractivity contribution is 7.92. The number of hydrogen-bond acceptors (Lipinski definition) is 6. The Morgan fingerprint density at radius 2 is 1.68 bits per heavy atom. The SMILES string of the molecule is O=C(O)c1cc(NS(=O)(=O)c2cccc(F)c2)ccc1N1CCN(CC(=O)N2CCCC2)CC1. The lowest BCUT2D eigenvalue weighted by atomic mass is 10.1. The third kappa shape index (κ3) is 5.48. The average Bonchev–Trinajstić information content (AvgIpc) is 3.35. The summed E-state index contributed by atoms with van der Waals surface area (Å²) >= 11 is 0. The number of benzene rings is 2. The van der Waals surface area contributed by atoms with Gasteiger partial charge in [-0.15, -0.1) is 0 Å². The van der Waals surface area contributed by atoms with Crippen molar-refractivity contribution >= 4 is 33.3 Å². The van der Waals surface area contributed by atoms with Crippen LogP contribution in [-0.2, 0) is 14.8 Å². The minimum absolute atomic E-state index is 0.0407. The van der Waals surface area contributed by atoms with Crippen LogP contribution >= 0.6 is 0 Å². The first-order chi connectivity index (χ1) is 16.2. The number of carbonyl (C=O) groups excluding carboxylic acids is 1. The molecule has 0 spiro atoms. The summed E-state index contributed by atoms with van der Waals surface area (Å²) in [6.07, 6.45) is 2.09. The van der Waals surface area contributed by atoms with Crippen molar-refractivity contribution in [1.82, 2.24) is 9.80 Å². The quantitative estimate of drug-likeness (QED) is 0.611. The Kier molecular flexibility index (Phi) is 7.03. The van der Waals surface area contributed by atoms with E-state index in [0.29, 0.717) is 38.4 Å². The second-order valence-electron chi connectivity index (χ2n) is 8.45. The number of carbonyl (C=O) groups is 2. The number of anilines is 2. The zero-order valence-corrected chi connectivity index (χ0v) is 19.4. The van der Waals surface area contributed by atoms with Crippen molar-refractivity contribution < 1.29 is 27.5 Å². The Hall–Kier alpha value is -3.18. The van der Waals surface area contributed by atoms with Crippen molar-refractivity contribution in [1.29, 1.82) is 0 Å². The van der Waals surface area contributed by atoms with Crippen LogP contribution in [0.4, 0.5) is 15.8 Å². The smallest absolute Gasteiger partial charge is 0.337 e. The first-order valence-electron chi connectivity index (χ1n) is 11.1. The molecule has 2 aliphatic heterocycles. The van der Waals surface area contributed by atoms with Crippen LogP contribution in [0.5, 0.6) is 0 Å². The zero-order chi connectivity index (χ0) is 24.3. The van der Waals surface area contributed by atoms with Crippen LogP contribution in [0.25, 0.3) is 0 Å². The van der Waals surface area contributed by atoms with Gasteiger partial charge in [0.2, 0.25) is 5.91 Å². The predicted molar refractivity (Wildman–Crippen MR) is 125 cm³/mol. The molecule has 1 amide bonds. The van der Waals surface area contributed by atoms with E-state index in [9.17, 15) is 27.5 Å². The summed E-state index contributed by atoms with van der Waals surface area (Å²) in [5, 5.41) is 9.75. The van der Waals surface area contributed by atoms with Crippen LogP contribution in [0.15, 0.2) is 47.4 Å². The van der Waals surface area contributed by atoms with Crippen LogP contribution in [0.3, 0.4) is 0 Å². The molecule has 2 fully saturated rings. The molecular formula is C23H27FN4O5S. The van der Waals surface area contributed by atoms with Crippen LogP contribution in [0.1, 0.15) is 23.2 Å². The molecule has 2 N–H and O–H groups in total. The van der Waals surface area contributed by atoms with Gasteiger partial charge in [-0.3, -0.25) is 14.4 Å². The van der Waals surface area contributed by atoms with Crippen molar-refractivity contribution in [3.05, 3.63) is 53.8 Å². The molecule has 0 atom stereocenters. The summed E-state index contributed by atoms with van der Waals surface area (Å²) in [6.45, 7) is 4.32. The molecule has 2 heterocycles. The van der Waals surface area contributed by atoms with E-state index in [1.165, 1.54) is 24.3 Å². The number of nitrogens with zero attached hydrogens (tertiary/aromatic N) is 3. The van der Waals surface area contributed by atoms with Crippen LogP contribution in [-0.4, -0.2) is 81.0 Å². The summed E-state index contributed by atoms with van der Waals surface area (Å²) < 4.78 is 40.9. The van der Waals surface area contributed by atoms with Gasteiger partial charge in [0.1, 0.15) is 5.82 Å². The van der Waals surface area contributed by atoms with Gasteiger partial charge in [0, 0.05) is 45.0 Å². The van der Waals surface area contributed by atoms with Gasteiger partial charge >= 0.3 is 5.97 Å². The molecule has 2 aromatic rings. The maximum Gasteiger partial charge on any atom is 0.337 e. The number of hydrogen-bond donors (Lipinski definition) is 2. The largest absolute Gasteiger partial charge is 0.478 e. The molecule has 0 radical (unpaired) electrons. The number of rotatable bonds is 7. The molecule has 2 saturated heterocycles. The third-order valence-corrected chi connectivity index (χ3v) is 7.50. The molecule has 0 aromatic heterocycles. The van der Waals surface area contributed by atoms with Gasteiger partial charge in [0.15, 0.2) is 0 Å². The van der Waals surface area contributed by atoms with Gasteiger partial charge in [-0.2, -0.15) is 0 Å². The molecule has 9 nitrogen and oxygen atoms in total. The summed E-state index contributed by atoms with van der Waals surface area (Å²) in [4.78, 5) is 30.0. The van der Waals surface area contributed by atoms with E-state index in [4.69, 9.17) is 0 Å². The number of likely N-dealkylation sites (tertiary alicyclic amines) is 1. The molecule has 0 aliphatic carbocycles. The Bertz CT molecular complexity index is 1180. The fourth-order valence-corrected chi connectivity index (χ4v) is 5.38. The molecule has 182 valence electrons. The second-order valence-corrected chi connectivity index (χ2v) is 10.1. The Balaban J connectivity index is 1.44. The summed E-state index contributed by atoms with van der Waals surface area (Å²) in [5.74, 6) is -1.74. The third-order valence-electron chi connectivity index (χ3n) is 6.12. The summed E-state index contributed by atoms with van der Waals surface area (Å²) in [6, 6.07) is 8.89. The lowest BCUT2D eigenvalue weighted by Crippen LogP contribution is -2.50. The van der Waals surface area contributed by atoms with Crippen LogP contribution in [0, 0.1) is 5.82 Å². The molecule has 34 heavy (non-hydrogen) atoms.